The number of amides is 1. The Balaban J connectivity index is 1.57. The molecule has 1 aromatic heterocycles. The molecule has 2 aromatic carbocycles. The van der Waals surface area contributed by atoms with Crippen LogP contribution in [0.5, 0.6) is 5.75 Å². The molecule has 0 aliphatic rings. The molecule has 1 N–H and O–H groups in total. The summed E-state index contributed by atoms with van der Waals surface area (Å²) in [5, 5.41) is 11.6. The Morgan fingerprint density at radius 2 is 1.86 bits per heavy atom. The third-order valence-corrected chi connectivity index (χ3v) is 6.02. The molecule has 5 nitrogen and oxygen atoms in total. The summed E-state index contributed by atoms with van der Waals surface area (Å²) in [6.07, 6.45) is -0.0155. The van der Waals surface area contributed by atoms with Crippen LogP contribution in [0.1, 0.15) is 30.0 Å². The second-order valence-corrected chi connectivity index (χ2v) is 8.67. The molecule has 0 bridgehead atoms. The van der Waals surface area contributed by atoms with Gasteiger partial charge in [-0.05, 0) is 49.1 Å². The number of carbonyl (C=O) groups excluding carboxylic acids is 1. The number of rotatable bonds is 8. The largest absolute Gasteiger partial charge is 0.481 e. The first kappa shape index (κ1) is 20.4. The van der Waals surface area contributed by atoms with E-state index in [1.807, 2.05) is 51.1 Å². The fourth-order valence-corrected chi connectivity index (χ4v) is 4.42. The lowest BCUT2D eigenvalue weighted by Crippen LogP contribution is -2.32. The van der Waals surface area contributed by atoms with Crippen molar-refractivity contribution in [2.45, 2.75) is 43.4 Å². The number of anilines is 1. The van der Waals surface area contributed by atoms with Crippen LogP contribution in [0.25, 0.3) is 0 Å². The highest BCUT2D eigenvalue weighted by Gasteiger charge is 2.20. The standard InChI is InChI=1S/C21H23N3O2S2/c1-4-18(26-17-11-14(2)10-15(3)12-17)19(25)22-20-23-24-21(28-20)27-13-16-8-6-5-7-9-16/h5-12,18H,4,13H2,1-3H3,(H,22,23,25)/t18-/m1/s1. The molecular formula is C21H23N3O2S2. The summed E-state index contributed by atoms with van der Waals surface area (Å²) in [6.45, 7) is 5.95. The first-order valence-electron chi connectivity index (χ1n) is 9.09. The van der Waals surface area contributed by atoms with E-state index in [4.69, 9.17) is 4.74 Å². The smallest absolute Gasteiger partial charge is 0.267 e. The summed E-state index contributed by atoms with van der Waals surface area (Å²) in [4.78, 5) is 12.6. The van der Waals surface area contributed by atoms with Gasteiger partial charge in [-0.15, -0.1) is 10.2 Å². The minimum Gasteiger partial charge on any atom is -0.481 e. The minimum absolute atomic E-state index is 0.211. The third-order valence-electron chi connectivity index (χ3n) is 3.98. The van der Waals surface area contributed by atoms with Gasteiger partial charge in [-0.2, -0.15) is 0 Å². The zero-order valence-corrected chi connectivity index (χ0v) is 17.8. The lowest BCUT2D eigenvalue weighted by Gasteiger charge is -2.17. The Hall–Kier alpha value is -2.38. The van der Waals surface area contributed by atoms with Gasteiger partial charge in [-0.25, -0.2) is 0 Å². The van der Waals surface area contributed by atoms with Gasteiger partial charge in [0.15, 0.2) is 10.4 Å². The fourth-order valence-electron chi connectivity index (χ4n) is 2.71. The van der Waals surface area contributed by atoms with Gasteiger partial charge in [0.1, 0.15) is 5.75 Å². The lowest BCUT2D eigenvalue weighted by molar-refractivity contribution is -0.122. The number of hydrogen-bond acceptors (Lipinski definition) is 6. The van der Waals surface area contributed by atoms with E-state index in [1.54, 1.807) is 11.8 Å². The van der Waals surface area contributed by atoms with Gasteiger partial charge in [-0.1, -0.05) is 66.4 Å². The predicted molar refractivity (Wildman–Crippen MR) is 115 cm³/mol. The van der Waals surface area contributed by atoms with Crippen molar-refractivity contribution in [2.75, 3.05) is 5.32 Å². The predicted octanol–water partition coefficient (Wildman–Crippen LogP) is 5.24. The molecule has 3 aromatic rings. The first-order chi connectivity index (χ1) is 13.5. The molecule has 1 atom stereocenters. The van der Waals surface area contributed by atoms with Gasteiger partial charge >= 0.3 is 0 Å². The zero-order valence-electron chi connectivity index (χ0n) is 16.1. The van der Waals surface area contributed by atoms with Crippen LogP contribution < -0.4 is 10.1 Å². The summed E-state index contributed by atoms with van der Waals surface area (Å²) in [5.41, 5.74) is 3.44. The summed E-state index contributed by atoms with van der Waals surface area (Å²) in [6, 6.07) is 16.1. The molecule has 0 radical (unpaired) electrons. The number of aryl methyl sites for hydroxylation is 2. The Kier molecular flexibility index (Phi) is 7.06. The maximum absolute atomic E-state index is 12.6. The van der Waals surface area contributed by atoms with E-state index in [-0.39, 0.29) is 5.91 Å². The van der Waals surface area contributed by atoms with Crippen molar-refractivity contribution in [2.24, 2.45) is 0 Å². The van der Waals surface area contributed by atoms with Crippen molar-refractivity contribution in [3.05, 3.63) is 65.2 Å². The van der Waals surface area contributed by atoms with E-state index >= 15 is 0 Å². The van der Waals surface area contributed by atoms with E-state index in [1.165, 1.54) is 16.9 Å². The monoisotopic (exact) mass is 413 g/mol. The number of ether oxygens (including phenoxy) is 1. The van der Waals surface area contributed by atoms with E-state index in [0.29, 0.717) is 17.3 Å². The molecule has 1 amide bonds. The van der Waals surface area contributed by atoms with E-state index in [0.717, 1.165) is 21.2 Å². The molecule has 7 heteroatoms. The minimum atomic E-state index is -0.578. The molecule has 28 heavy (non-hydrogen) atoms. The van der Waals surface area contributed by atoms with Gasteiger partial charge in [0.05, 0.1) is 0 Å². The van der Waals surface area contributed by atoms with Crippen LogP contribution in [0.4, 0.5) is 5.13 Å². The molecule has 0 aliphatic heterocycles. The van der Waals surface area contributed by atoms with Gasteiger partial charge in [-0.3, -0.25) is 10.1 Å². The topological polar surface area (TPSA) is 64.1 Å². The highest BCUT2D eigenvalue weighted by Crippen LogP contribution is 2.28. The van der Waals surface area contributed by atoms with Crippen molar-refractivity contribution in [1.29, 1.82) is 0 Å². The molecule has 0 aliphatic carbocycles. The van der Waals surface area contributed by atoms with Crippen molar-refractivity contribution >= 4 is 34.1 Å². The molecule has 146 valence electrons. The van der Waals surface area contributed by atoms with Crippen LogP contribution in [0, 0.1) is 13.8 Å². The van der Waals surface area contributed by atoms with Crippen molar-refractivity contribution in [3.63, 3.8) is 0 Å². The maximum atomic E-state index is 12.6. The van der Waals surface area contributed by atoms with Gasteiger partial charge < -0.3 is 4.74 Å². The van der Waals surface area contributed by atoms with Crippen LogP contribution in [0.2, 0.25) is 0 Å². The average molecular weight is 414 g/mol. The van der Waals surface area contributed by atoms with Crippen LogP contribution in [0.3, 0.4) is 0 Å². The highest BCUT2D eigenvalue weighted by atomic mass is 32.2. The van der Waals surface area contributed by atoms with E-state index < -0.39 is 6.10 Å². The summed E-state index contributed by atoms with van der Waals surface area (Å²) < 4.78 is 6.73. The summed E-state index contributed by atoms with van der Waals surface area (Å²) in [5.74, 6) is 1.31. The van der Waals surface area contributed by atoms with Crippen molar-refractivity contribution < 1.29 is 9.53 Å². The van der Waals surface area contributed by atoms with E-state index in [9.17, 15) is 4.79 Å². The third kappa shape index (κ3) is 5.81. The molecule has 0 spiro atoms. The molecule has 0 saturated heterocycles. The number of hydrogen-bond donors (Lipinski definition) is 1. The molecule has 3 rings (SSSR count). The Morgan fingerprint density at radius 1 is 1.14 bits per heavy atom. The van der Waals surface area contributed by atoms with Gasteiger partial charge in [0, 0.05) is 5.75 Å². The average Bonchev–Trinajstić information content (AvgIpc) is 3.11. The number of nitrogens with zero attached hydrogens (tertiary/aromatic N) is 2. The van der Waals surface area contributed by atoms with Crippen LogP contribution in [0.15, 0.2) is 52.9 Å². The second kappa shape index (κ2) is 9.71. The summed E-state index contributed by atoms with van der Waals surface area (Å²) >= 11 is 2.98. The fraction of sp³-hybridized carbons (Fsp3) is 0.286. The molecule has 0 fully saturated rings. The summed E-state index contributed by atoms with van der Waals surface area (Å²) in [7, 11) is 0. The van der Waals surface area contributed by atoms with E-state index in [2.05, 4.69) is 33.7 Å². The number of nitrogens with one attached hydrogen (secondary N) is 1. The number of carbonyl (C=O) groups is 1. The van der Waals surface area contributed by atoms with Crippen molar-refractivity contribution in [3.8, 4) is 5.75 Å². The Labute approximate surface area is 173 Å². The van der Waals surface area contributed by atoms with Crippen molar-refractivity contribution in [1.82, 2.24) is 10.2 Å². The zero-order chi connectivity index (χ0) is 19.9. The van der Waals surface area contributed by atoms with Crippen LogP contribution >= 0.6 is 23.1 Å². The highest BCUT2D eigenvalue weighted by molar-refractivity contribution is 8.00. The molecular weight excluding hydrogens is 390 g/mol. The Bertz CT molecular complexity index is 908. The van der Waals surface area contributed by atoms with Crippen LogP contribution in [-0.4, -0.2) is 22.2 Å². The maximum Gasteiger partial charge on any atom is 0.267 e. The lowest BCUT2D eigenvalue weighted by atomic mass is 10.1. The van der Waals surface area contributed by atoms with Gasteiger partial charge in [0.2, 0.25) is 5.13 Å². The SMILES string of the molecule is CC[C@@H](Oc1cc(C)cc(C)c1)C(=O)Nc1nnc(SCc2ccccc2)s1. The quantitative estimate of drug-likeness (QED) is 0.404. The number of benzene rings is 2. The molecule has 0 unspecified atom stereocenters. The van der Waals surface area contributed by atoms with Gasteiger partial charge in [0.25, 0.3) is 5.91 Å². The normalized spacial score (nSPS) is 11.8. The van der Waals surface area contributed by atoms with Crippen LogP contribution in [-0.2, 0) is 10.5 Å². The Morgan fingerprint density at radius 3 is 2.54 bits per heavy atom. The first-order valence-corrected chi connectivity index (χ1v) is 10.9. The second-order valence-electron chi connectivity index (χ2n) is 6.47. The molecule has 0 saturated carbocycles. The number of aromatic nitrogens is 2. The molecule has 1 heterocycles. The number of thioether (sulfide) groups is 1.